The Bertz CT molecular complexity index is 1490. The van der Waals surface area contributed by atoms with Crippen molar-refractivity contribution in [2.45, 2.75) is 11.8 Å². The molecule has 0 aliphatic heterocycles. The van der Waals surface area contributed by atoms with Crippen LogP contribution in [0, 0.1) is 6.92 Å². The van der Waals surface area contributed by atoms with Crippen LogP contribution in [0.2, 0.25) is 5.02 Å². The van der Waals surface area contributed by atoms with Crippen molar-refractivity contribution in [3.8, 4) is 17.2 Å². The van der Waals surface area contributed by atoms with E-state index in [4.69, 9.17) is 21.1 Å². The van der Waals surface area contributed by atoms with Gasteiger partial charge in [-0.05, 0) is 61.5 Å². The summed E-state index contributed by atoms with van der Waals surface area (Å²) in [6.07, 6.45) is 0. The lowest BCUT2D eigenvalue weighted by Crippen LogP contribution is -2.38. The molecule has 0 saturated heterocycles. The Morgan fingerprint density at radius 1 is 0.865 bits per heavy atom. The van der Waals surface area contributed by atoms with Gasteiger partial charge in [0, 0.05) is 5.02 Å². The van der Waals surface area contributed by atoms with Crippen LogP contribution in [0.5, 0.6) is 17.2 Å². The quantitative estimate of drug-likeness (QED) is 0.272. The first-order valence-corrected chi connectivity index (χ1v) is 13.1. The maximum Gasteiger partial charge on any atom is 0.264 e. The normalized spacial score (nSPS) is 11.0. The largest absolute Gasteiger partial charge is 0.493 e. The molecule has 0 fully saturated rings. The fourth-order valence-electron chi connectivity index (χ4n) is 3.58. The summed E-state index contributed by atoms with van der Waals surface area (Å²) in [5.74, 6) is 0.687. The molecule has 37 heavy (non-hydrogen) atoms. The molecule has 4 aromatic rings. The molecule has 1 amide bonds. The van der Waals surface area contributed by atoms with Gasteiger partial charge in [-0.25, -0.2) is 8.42 Å². The summed E-state index contributed by atoms with van der Waals surface area (Å²) in [6.45, 7) is 1.40. The number of benzene rings is 4. The van der Waals surface area contributed by atoms with Crippen molar-refractivity contribution in [2.75, 3.05) is 23.3 Å². The van der Waals surface area contributed by atoms with Crippen LogP contribution in [-0.2, 0) is 14.8 Å². The van der Waals surface area contributed by atoms with Crippen molar-refractivity contribution in [2.24, 2.45) is 0 Å². The second-order valence-corrected chi connectivity index (χ2v) is 10.4. The van der Waals surface area contributed by atoms with E-state index in [2.05, 4.69) is 5.32 Å². The number of halogens is 1. The van der Waals surface area contributed by atoms with Crippen LogP contribution in [0.1, 0.15) is 5.56 Å². The second-order valence-electron chi connectivity index (χ2n) is 8.10. The number of hydrogen-bond donors (Lipinski definition) is 1. The monoisotopic (exact) mass is 536 g/mol. The molecule has 4 aromatic carbocycles. The number of carbonyl (C=O) groups is 1. The lowest BCUT2D eigenvalue weighted by molar-refractivity contribution is -0.114. The molecule has 0 atom stereocenters. The summed E-state index contributed by atoms with van der Waals surface area (Å²) in [5.41, 5.74) is 1.56. The summed E-state index contributed by atoms with van der Waals surface area (Å²) >= 11 is 6.19. The van der Waals surface area contributed by atoms with E-state index in [1.54, 1.807) is 72.8 Å². The van der Waals surface area contributed by atoms with Gasteiger partial charge in [-0.15, -0.1) is 0 Å². The number of sulfonamides is 1. The number of hydrogen-bond acceptors (Lipinski definition) is 5. The molecule has 0 radical (unpaired) electrons. The first-order chi connectivity index (χ1) is 17.8. The molecule has 0 heterocycles. The predicted octanol–water partition coefficient (Wildman–Crippen LogP) is 6.28. The SMILES string of the molecule is COc1ccccc1Oc1ccc(Cl)cc1NC(=O)CN(c1ccccc1)S(=O)(=O)c1ccc(C)cc1. The van der Waals surface area contributed by atoms with Gasteiger partial charge in [0.1, 0.15) is 6.54 Å². The van der Waals surface area contributed by atoms with Gasteiger partial charge in [0.2, 0.25) is 5.91 Å². The minimum atomic E-state index is -4.04. The molecule has 0 spiro atoms. The highest BCUT2D eigenvalue weighted by Gasteiger charge is 2.27. The lowest BCUT2D eigenvalue weighted by Gasteiger charge is -2.24. The number of para-hydroxylation sites is 3. The maximum atomic E-state index is 13.6. The Morgan fingerprint density at radius 3 is 2.19 bits per heavy atom. The summed E-state index contributed by atoms with van der Waals surface area (Å²) in [7, 11) is -2.51. The van der Waals surface area contributed by atoms with Crippen LogP contribution in [-0.4, -0.2) is 28.0 Å². The molecular weight excluding hydrogens is 512 g/mol. The van der Waals surface area contributed by atoms with Gasteiger partial charge in [0.15, 0.2) is 17.2 Å². The number of anilines is 2. The van der Waals surface area contributed by atoms with Gasteiger partial charge < -0.3 is 14.8 Å². The van der Waals surface area contributed by atoms with E-state index in [1.807, 2.05) is 13.0 Å². The number of methoxy groups -OCH3 is 1. The highest BCUT2D eigenvalue weighted by atomic mass is 35.5. The third kappa shape index (κ3) is 6.22. The predicted molar refractivity (Wildman–Crippen MR) is 145 cm³/mol. The minimum Gasteiger partial charge on any atom is -0.493 e. The second kappa shape index (κ2) is 11.4. The van der Waals surface area contributed by atoms with Crippen LogP contribution in [0.15, 0.2) is 102 Å². The van der Waals surface area contributed by atoms with Crippen molar-refractivity contribution < 1.29 is 22.7 Å². The van der Waals surface area contributed by atoms with E-state index in [1.165, 1.54) is 25.3 Å². The Balaban J connectivity index is 1.63. The Hall–Kier alpha value is -4.01. The topological polar surface area (TPSA) is 84.9 Å². The first-order valence-electron chi connectivity index (χ1n) is 11.3. The fourth-order valence-corrected chi connectivity index (χ4v) is 5.17. The van der Waals surface area contributed by atoms with Gasteiger partial charge in [-0.1, -0.05) is 59.6 Å². The van der Waals surface area contributed by atoms with Gasteiger partial charge in [0.05, 0.1) is 23.4 Å². The molecule has 0 unspecified atom stereocenters. The van der Waals surface area contributed by atoms with E-state index >= 15 is 0 Å². The van der Waals surface area contributed by atoms with Crippen molar-refractivity contribution in [3.05, 3.63) is 108 Å². The van der Waals surface area contributed by atoms with Gasteiger partial charge in [-0.3, -0.25) is 9.10 Å². The Labute approximate surface area is 221 Å². The molecule has 4 rings (SSSR count). The van der Waals surface area contributed by atoms with Crippen molar-refractivity contribution in [1.82, 2.24) is 0 Å². The average Bonchev–Trinajstić information content (AvgIpc) is 2.90. The minimum absolute atomic E-state index is 0.0812. The lowest BCUT2D eigenvalue weighted by atomic mass is 10.2. The van der Waals surface area contributed by atoms with Crippen LogP contribution >= 0.6 is 11.6 Å². The molecule has 190 valence electrons. The van der Waals surface area contributed by atoms with E-state index in [-0.39, 0.29) is 10.6 Å². The molecule has 0 aliphatic rings. The van der Waals surface area contributed by atoms with Crippen LogP contribution in [0.4, 0.5) is 11.4 Å². The van der Waals surface area contributed by atoms with E-state index in [9.17, 15) is 13.2 Å². The number of amides is 1. The molecule has 0 bridgehead atoms. The zero-order chi connectivity index (χ0) is 26.4. The van der Waals surface area contributed by atoms with E-state index in [0.717, 1.165) is 9.87 Å². The van der Waals surface area contributed by atoms with Crippen molar-refractivity contribution in [3.63, 3.8) is 0 Å². The smallest absolute Gasteiger partial charge is 0.264 e. The fraction of sp³-hybridized carbons (Fsp3) is 0.107. The van der Waals surface area contributed by atoms with Crippen LogP contribution in [0.3, 0.4) is 0 Å². The summed E-state index contributed by atoms with van der Waals surface area (Å²) in [6, 6.07) is 26.8. The van der Waals surface area contributed by atoms with Gasteiger partial charge in [0.25, 0.3) is 10.0 Å². The van der Waals surface area contributed by atoms with Crippen molar-refractivity contribution in [1.29, 1.82) is 0 Å². The first kappa shape index (κ1) is 26.1. The van der Waals surface area contributed by atoms with Gasteiger partial charge in [-0.2, -0.15) is 0 Å². The molecule has 0 aromatic heterocycles. The number of ether oxygens (including phenoxy) is 2. The highest BCUT2D eigenvalue weighted by Crippen LogP contribution is 2.36. The zero-order valence-corrected chi connectivity index (χ0v) is 21.8. The Kier molecular flexibility index (Phi) is 8.01. The molecule has 7 nitrogen and oxygen atoms in total. The third-order valence-corrected chi connectivity index (χ3v) is 7.47. The third-order valence-electron chi connectivity index (χ3n) is 5.45. The maximum absolute atomic E-state index is 13.6. The molecule has 0 aliphatic carbocycles. The summed E-state index contributed by atoms with van der Waals surface area (Å²) in [5, 5.41) is 3.12. The zero-order valence-electron chi connectivity index (χ0n) is 20.2. The molecular formula is C28H25ClN2O5S. The average molecular weight is 537 g/mol. The van der Waals surface area contributed by atoms with E-state index < -0.39 is 22.5 Å². The molecule has 9 heteroatoms. The number of nitrogens with zero attached hydrogens (tertiary/aromatic N) is 1. The van der Waals surface area contributed by atoms with Gasteiger partial charge >= 0.3 is 0 Å². The number of nitrogens with one attached hydrogen (secondary N) is 1. The van der Waals surface area contributed by atoms with Crippen LogP contribution < -0.4 is 19.1 Å². The molecule has 0 saturated carbocycles. The number of carbonyl (C=O) groups excluding carboxylic acids is 1. The van der Waals surface area contributed by atoms with E-state index in [0.29, 0.717) is 28.0 Å². The summed E-state index contributed by atoms with van der Waals surface area (Å²) < 4.78 is 39.5. The number of rotatable bonds is 9. The van der Waals surface area contributed by atoms with Crippen molar-refractivity contribution >= 4 is 38.9 Å². The number of aryl methyl sites for hydroxylation is 1. The molecule has 1 N–H and O–H groups in total. The van der Waals surface area contributed by atoms with Crippen LogP contribution in [0.25, 0.3) is 0 Å². The summed E-state index contributed by atoms with van der Waals surface area (Å²) in [4.78, 5) is 13.3. The standard InChI is InChI=1S/C28H25ClN2O5S/c1-20-12-15-23(16-13-20)37(33,34)31(22-8-4-3-5-9-22)19-28(32)30-24-18-21(29)14-17-25(24)36-27-11-7-6-10-26(27)35-2/h3-18H,19H2,1-2H3,(H,30,32). The highest BCUT2D eigenvalue weighted by molar-refractivity contribution is 7.92. The Morgan fingerprint density at radius 2 is 1.51 bits per heavy atom.